The van der Waals surface area contributed by atoms with Gasteiger partial charge in [0.25, 0.3) is 0 Å². The predicted octanol–water partition coefficient (Wildman–Crippen LogP) is 1.37. The smallest absolute Gasteiger partial charge is 0.113 e. The first kappa shape index (κ1) is 13.3. The van der Waals surface area contributed by atoms with Crippen LogP contribution < -0.4 is 0 Å². The summed E-state index contributed by atoms with van der Waals surface area (Å²) in [7, 11) is 5.40. The minimum atomic E-state index is -1.14. The summed E-state index contributed by atoms with van der Waals surface area (Å²) < 4.78 is 5.55. The summed E-state index contributed by atoms with van der Waals surface area (Å²) in [6.07, 6.45) is 0.428. The van der Waals surface area contributed by atoms with Crippen molar-refractivity contribution in [2.75, 3.05) is 6.61 Å². The highest BCUT2D eigenvalue weighted by Crippen LogP contribution is 2.20. The van der Waals surface area contributed by atoms with Gasteiger partial charge in [-0.1, -0.05) is 6.92 Å². The molecular formula is C9H19BO2S. The summed E-state index contributed by atoms with van der Waals surface area (Å²) in [5.41, 5.74) is -1.43. The molecule has 4 heteroatoms. The van der Waals surface area contributed by atoms with Gasteiger partial charge in [0, 0.05) is 17.4 Å². The zero-order chi connectivity index (χ0) is 10.7. The Hall–Kier alpha value is 0.335. The largest absolute Gasteiger partial charge is 0.400 e. The van der Waals surface area contributed by atoms with Gasteiger partial charge in [-0.05, 0) is 27.2 Å². The van der Waals surface area contributed by atoms with Crippen molar-refractivity contribution in [1.82, 2.24) is 0 Å². The van der Waals surface area contributed by atoms with Crippen molar-refractivity contribution in [3.63, 3.8) is 0 Å². The highest BCUT2D eigenvalue weighted by molar-refractivity contribution is 7.81. The molecule has 0 aliphatic rings. The Labute approximate surface area is 87.9 Å². The molecule has 0 saturated heterocycles. The second-order valence-electron chi connectivity index (χ2n) is 4.24. The Morgan fingerprint density at radius 1 is 1.46 bits per heavy atom. The monoisotopic (exact) mass is 202 g/mol. The molecule has 0 saturated carbocycles. The summed E-state index contributed by atoms with van der Waals surface area (Å²) in [6, 6.07) is 0. The van der Waals surface area contributed by atoms with E-state index in [2.05, 4.69) is 12.6 Å². The van der Waals surface area contributed by atoms with E-state index in [0.29, 0.717) is 13.0 Å². The topological polar surface area (TPSA) is 29.5 Å². The van der Waals surface area contributed by atoms with Gasteiger partial charge in [-0.2, -0.15) is 12.6 Å². The molecule has 0 fully saturated rings. The van der Waals surface area contributed by atoms with E-state index in [-0.39, 0.29) is 10.9 Å². The average molecular weight is 202 g/mol. The maximum atomic E-state index is 9.23. The first-order valence-corrected chi connectivity index (χ1v) is 5.00. The van der Waals surface area contributed by atoms with Gasteiger partial charge >= 0.3 is 0 Å². The number of hydrogen-bond acceptors (Lipinski definition) is 3. The van der Waals surface area contributed by atoms with E-state index in [4.69, 9.17) is 12.6 Å². The van der Waals surface area contributed by atoms with Crippen LogP contribution in [0.15, 0.2) is 0 Å². The molecule has 0 aromatic heterocycles. The van der Waals surface area contributed by atoms with Crippen molar-refractivity contribution in [2.24, 2.45) is 0 Å². The number of thiol groups is 1. The second-order valence-corrected chi connectivity index (χ2v) is 5.01. The Balaban J connectivity index is 3.77. The lowest BCUT2D eigenvalue weighted by Crippen LogP contribution is -2.36. The fourth-order valence-electron chi connectivity index (χ4n) is 0.641. The van der Waals surface area contributed by atoms with Crippen LogP contribution in [0.4, 0.5) is 0 Å². The van der Waals surface area contributed by atoms with Crippen LogP contribution in [-0.2, 0) is 4.74 Å². The van der Waals surface area contributed by atoms with Crippen LogP contribution in [0.25, 0.3) is 0 Å². The molecule has 0 spiro atoms. The molecule has 76 valence electrons. The quantitative estimate of drug-likeness (QED) is 0.520. The van der Waals surface area contributed by atoms with Crippen LogP contribution in [-0.4, -0.2) is 35.9 Å². The van der Waals surface area contributed by atoms with E-state index >= 15 is 0 Å². The number of aliphatic hydroxyl groups is 1. The Bertz CT molecular complexity index is 152. The molecule has 0 aliphatic heterocycles. The molecule has 0 aromatic carbocycles. The maximum absolute atomic E-state index is 9.23. The summed E-state index contributed by atoms with van der Waals surface area (Å²) in [5, 5.41) is 9.38. The first-order valence-electron chi connectivity index (χ1n) is 4.48. The molecule has 0 rings (SSSR count). The van der Waals surface area contributed by atoms with Gasteiger partial charge in [0.15, 0.2) is 0 Å². The first-order chi connectivity index (χ1) is 5.65. The molecule has 13 heavy (non-hydrogen) atoms. The van der Waals surface area contributed by atoms with E-state index in [0.717, 1.165) is 0 Å². The Morgan fingerprint density at radius 3 is 2.23 bits per heavy atom. The third kappa shape index (κ3) is 6.41. The van der Waals surface area contributed by atoms with E-state index < -0.39 is 5.50 Å². The normalized spacial score (nSPS) is 19.5. The minimum absolute atomic E-state index is 0.148. The Morgan fingerprint density at radius 2 is 1.92 bits per heavy atom. The molecule has 0 amide bonds. The third-order valence-electron chi connectivity index (χ3n) is 2.09. The van der Waals surface area contributed by atoms with Crippen molar-refractivity contribution >= 4 is 20.5 Å². The highest BCUT2D eigenvalue weighted by atomic mass is 32.1. The van der Waals surface area contributed by atoms with Crippen molar-refractivity contribution in [3.8, 4) is 0 Å². The number of ether oxygens (including phenoxy) is 1. The summed E-state index contributed by atoms with van der Waals surface area (Å²) in [5.74, 6) is 0. The molecular weight excluding hydrogens is 183 g/mol. The van der Waals surface area contributed by atoms with E-state index in [1.807, 2.05) is 20.8 Å². The van der Waals surface area contributed by atoms with Crippen LogP contribution in [0.3, 0.4) is 0 Å². The summed E-state index contributed by atoms with van der Waals surface area (Å²) in [4.78, 5) is 0. The van der Waals surface area contributed by atoms with E-state index in [1.165, 1.54) is 0 Å². The van der Waals surface area contributed by atoms with Gasteiger partial charge in [0.2, 0.25) is 0 Å². The zero-order valence-corrected chi connectivity index (χ0v) is 9.77. The average Bonchev–Trinajstić information content (AvgIpc) is 1.82. The molecule has 2 unspecified atom stereocenters. The third-order valence-corrected chi connectivity index (χ3v) is 2.71. The van der Waals surface area contributed by atoms with Crippen LogP contribution in [0.5, 0.6) is 0 Å². The SMILES string of the molecule is [B]C(C)(O)CCOC(C)(C)C(C)S. The van der Waals surface area contributed by atoms with Crippen molar-refractivity contribution < 1.29 is 9.84 Å². The van der Waals surface area contributed by atoms with E-state index in [9.17, 15) is 5.11 Å². The maximum Gasteiger partial charge on any atom is 0.113 e. The van der Waals surface area contributed by atoms with Gasteiger partial charge in [-0.15, -0.1) is 0 Å². The lowest BCUT2D eigenvalue weighted by Gasteiger charge is -2.30. The van der Waals surface area contributed by atoms with Crippen LogP contribution in [0.1, 0.15) is 34.1 Å². The zero-order valence-electron chi connectivity index (χ0n) is 8.87. The predicted molar refractivity (Wildman–Crippen MR) is 59.5 cm³/mol. The lowest BCUT2D eigenvalue weighted by molar-refractivity contribution is -0.0325. The molecule has 0 heterocycles. The summed E-state index contributed by atoms with van der Waals surface area (Å²) in [6.45, 7) is 7.92. The van der Waals surface area contributed by atoms with Crippen LogP contribution >= 0.6 is 12.6 Å². The van der Waals surface area contributed by atoms with E-state index in [1.54, 1.807) is 6.92 Å². The van der Waals surface area contributed by atoms with Gasteiger partial charge < -0.3 is 9.84 Å². The molecule has 0 aliphatic carbocycles. The van der Waals surface area contributed by atoms with Crippen LogP contribution in [0, 0.1) is 0 Å². The minimum Gasteiger partial charge on any atom is -0.400 e. The lowest BCUT2D eigenvalue weighted by atomic mass is 9.81. The van der Waals surface area contributed by atoms with Gasteiger partial charge in [-0.3, -0.25) is 0 Å². The second kappa shape index (κ2) is 4.71. The number of rotatable bonds is 5. The van der Waals surface area contributed by atoms with Gasteiger partial charge in [-0.25, -0.2) is 0 Å². The van der Waals surface area contributed by atoms with Crippen molar-refractivity contribution in [2.45, 2.75) is 50.5 Å². The molecule has 2 nitrogen and oxygen atoms in total. The molecule has 1 N–H and O–H groups in total. The van der Waals surface area contributed by atoms with Gasteiger partial charge in [0.05, 0.1) is 5.60 Å². The highest BCUT2D eigenvalue weighted by Gasteiger charge is 2.24. The molecule has 0 bridgehead atoms. The number of hydrogen-bond donors (Lipinski definition) is 2. The molecule has 2 atom stereocenters. The van der Waals surface area contributed by atoms with Crippen LogP contribution in [0.2, 0.25) is 0 Å². The van der Waals surface area contributed by atoms with Gasteiger partial charge in [0.1, 0.15) is 7.85 Å². The fraction of sp³-hybridized carbons (Fsp3) is 1.00. The van der Waals surface area contributed by atoms with Crippen molar-refractivity contribution in [3.05, 3.63) is 0 Å². The van der Waals surface area contributed by atoms with Crippen molar-refractivity contribution in [1.29, 1.82) is 0 Å². The Kier molecular flexibility index (Phi) is 4.84. The molecule has 0 aromatic rings. The fourth-order valence-corrected chi connectivity index (χ4v) is 0.716. The standard InChI is InChI=1S/C9H19BO2S/c1-7(13)8(2,3)12-6-5-9(4,10)11/h7,11,13H,5-6H2,1-4H3. The molecule has 2 radical (unpaired) electrons. The summed E-state index contributed by atoms with van der Waals surface area (Å²) >= 11 is 4.31.